The van der Waals surface area contributed by atoms with Gasteiger partial charge in [0.2, 0.25) is 0 Å². The molecule has 1 N–H and O–H groups in total. The van der Waals surface area contributed by atoms with Gasteiger partial charge in [0.15, 0.2) is 0 Å². The van der Waals surface area contributed by atoms with Gasteiger partial charge in [-0.2, -0.15) is 0 Å². The summed E-state index contributed by atoms with van der Waals surface area (Å²) in [6.07, 6.45) is 10.9. The van der Waals surface area contributed by atoms with Crippen molar-refractivity contribution in [3.63, 3.8) is 0 Å². The Morgan fingerprint density at radius 3 is 2.52 bits per heavy atom. The van der Waals surface area contributed by atoms with Gasteiger partial charge in [0.1, 0.15) is 17.4 Å². The molecule has 0 saturated heterocycles. The molecule has 33 heavy (non-hydrogen) atoms. The van der Waals surface area contributed by atoms with Crippen molar-refractivity contribution in [1.29, 1.82) is 0 Å². The van der Waals surface area contributed by atoms with Gasteiger partial charge in [0.05, 0.1) is 5.92 Å². The zero-order chi connectivity index (χ0) is 23.5. The highest BCUT2D eigenvalue weighted by Crippen LogP contribution is 2.65. The first-order valence-electron chi connectivity index (χ1n) is 12.3. The first-order chi connectivity index (χ1) is 15.6. The number of benzene rings is 1. The molecule has 2 saturated carbocycles. The van der Waals surface area contributed by atoms with Crippen LogP contribution in [0.25, 0.3) is 0 Å². The van der Waals surface area contributed by atoms with Crippen LogP contribution >= 0.6 is 0 Å². The van der Waals surface area contributed by atoms with Gasteiger partial charge >= 0.3 is 5.97 Å². The van der Waals surface area contributed by atoms with Crippen molar-refractivity contribution in [2.45, 2.75) is 65.2 Å². The monoisotopic (exact) mass is 454 g/mol. The Morgan fingerprint density at radius 1 is 1.09 bits per heavy atom. The van der Waals surface area contributed by atoms with Crippen LogP contribution in [0.15, 0.2) is 41.5 Å². The summed E-state index contributed by atoms with van der Waals surface area (Å²) in [5.41, 5.74) is 0.917. The van der Waals surface area contributed by atoms with Crippen molar-refractivity contribution in [3.8, 4) is 0 Å². The summed E-state index contributed by atoms with van der Waals surface area (Å²) in [5.74, 6) is -2.30. The van der Waals surface area contributed by atoms with Gasteiger partial charge in [-0.25, -0.2) is 13.6 Å². The minimum Gasteiger partial charge on any atom is -0.478 e. The number of fused-ring (bicyclic) bond motifs is 5. The molecule has 6 atom stereocenters. The van der Waals surface area contributed by atoms with Gasteiger partial charge in [0.25, 0.3) is 0 Å². The Labute approximate surface area is 194 Å². The van der Waals surface area contributed by atoms with Crippen molar-refractivity contribution in [1.82, 2.24) is 0 Å². The van der Waals surface area contributed by atoms with E-state index in [1.807, 2.05) is 0 Å². The van der Waals surface area contributed by atoms with E-state index in [9.17, 15) is 23.5 Å². The highest BCUT2D eigenvalue weighted by molar-refractivity contribution is 5.98. The smallest absolute Gasteiger partial charge is 0.332 e. The number of carboxylic acid groups (broad SMARTS) is 1. The summed E-state index contributed by atoms with van der Waals surface area (Å²) in [6.45, 7) is 4.62. The maximum Gasteiger partial charge on any atom is 0.332 e. The number of rotatable bonds is 4. The molecular formula is C28H32F2O3. The molecule has 0 amide bonds. The van der Waals surface area contributed by atoms with Crippen LogP contribution in [0.2, 0.25) is 0 Å². The molecular weight excluding hydrogens is 422 g/mol. The number of hydrogen-bond acceptors (Lipinski definition) is 2. The third-order valence-corrected chi connectivity index (χ3v) is 9.67. The van der Waals surface area contributed by atoms with Crippen LogP contribution < -0.4 is 0 Å². The number of hydrogen-bond donors (Lipinski definition) is 1. The van der Waals surface area contributed by atoms with Crippen LogP contribution in [0.4, 0.5) is 8.78 Å². The van der Waals surface area contributed by atoms with E-state index in [-0.39, 0.29) is 16.6 Å². The lowest BCUT2D eigenvalue weighted by molar-refractivity contribution is -0.136. The Bertz CT molecular complexity index is 1050. The van der Waals surface area contributed by atoms with E-state index in [2.05, 4.69) is 19.9 Å². The van der Waals surface area contributed by atoms with Crippen LogP contribution in [0.5, 0.6) is 0 Å². The number of ketones is 1. The molecule has 1 unspecified atom stereocenters. The predicted octanol–water partition coefficient (Wildman–Crippen LogP) is 6.28. The van der Waals surface area contributed by atoms with Crippen molar-refractivity contribution in [2.24, 2.45) is 34.5 Å². The van der Waals surface area contributed by atoms with E-state index in [1.54, 1.807) is 6.08 Å². The third-order valence-electron chi connectivity index (χ3n) is 9.67. The molecule has 1 aromatic carbocycles. The van der Waals surface area contributed by atoms with Gasteiger partial charge in [-0.05, 0) is 90.9 Å². The molecule has 0 radical (unpaired) electrons. The van der Waals surface area contributed by atoms with Crippen LogP contribution in [0, 0.1) is 46.1 Å². The molecule has 4 aliphatic carbocycles. The Kier molecular flexibility index (Phi) is 5.37. The Balaban J connectivity index is 1.49. The minimum absolute atomic E-state index is 0.0560. The second kappa shape index (κ2) is 7.89. The molecule has 0 aliphatic heterocycles. The second-order valence-electron chi connectivity index (χ2n) is 11.3. The average Bonchev–Trinajstić information content (AvgIpc) is 3.17. The molecule has 176 valence electrons. The van der Waals surface area contributed by atoms with E-state index >= 15 is 0 Å². The number of aliphatic carboxylic acids is 1. The lowest BCUT2D eigenvalue weighted by Crippen LogP contribution is -2.49. The van der Waals surface area contributed by atoms with Gasteiger partial charge in [0, 0.05) is 17.6 Å². The van der Waals surface area contributed by atoms with Crippen LogP contribution in [0.1, 0.15) is 64.4 Å². The first-order valence-corrected chi connectivity index (χ1v) is 12.3. The largest absolute Gasteiger partial charge is 0.478 e. The molecule has 4 aliphatic rings. The van der Waals surface area contributed by atoms with E-state index < -0.39 is 35.7 Å². The average molecular weight is 455 g/mol. The van der Waals surface area contributed by atoms with Crippen molar-refractivity contribution in [3.05, 3.63) is 58.7 Å². The quantitative estimate of drug-likeness (QED) is 0.583. The van der Waals surface area contributed by atoms with E-state index in [1.165, 1.54) is 31.7 Å². The lowest BCUT2D eigenvalue weighted by Gasteiger charge is -2.57. The summed E-state index contributed by atoms with van der Waals surface area (Å²) in [4.78, 5) is 25.5. The summed E-state index contributed by atoms with van der Waals surface area (Å²) < 4.78 is 28.5. The normalized spacial score (nSPS) is 37.3. The fourth-order valence-corrected chi connectivity index (χ4v) is 7.90. The zero-order valence-electron chi connectivity index (χ0n) is 19.4. The van der Waals surface area contributed by atoms with Gasteiger partial charge < -0.3 is 5.11 Å². The molecule has 0 heterocycles. The maximum absolute atomic E-state index is 14.2. The van der Waals surface area contributed by atoms with Crippen LogP contribution in [-0.2, 0) is 16.0 Å². The number of Topliss-reactive ketones (excluding diaryl/α,β-unsaturated/α-hetero) is 1. The maximum atomic E-state index is 14.2. The highest BCUT2D eigenvalue weighted by atomic mass is 19.1. The predicted molar refractivity (Wildman–Crippen MR) is 121 cm³/mol. The molecule has 0 spiro atoms. The summed E-state index contributed by atoms with van der Waals surface area (Å²) in [7, 11) is 0. The van der Waals surface area contributed by atoms with E-state index in [0.29, 0.717) is 29.6 Å². The Morgan fingerprint density at radius 2 is 1.82 bits per heavy atom. The number of carbonyl (C=O) groups excluding carboxylic acids is 1. The minimum atomic E-state index is -1.13. The second-order valence-corrected chi connectivity index (χ2v) is 11.3. The van der Waals surface area contributed by atoms with Crippen LogP contribution in [0.3, 0.4) is 0 Å². The zero-order valence-corrected chi connectivity index (χ0v) is 19.4. The molecule has 5 heteroatoms. The number of allylic oxidation sites excluding steroid dienone is 3. The number of carboxylic acids is 1. The highest BCUT2D eigenvalue weighted by Gasteiger charge is 2.56. The van der Waals surface area contributed by atoms with Gasteiger partial charge in [-0.15, -0.1) is 0 Å². The summed E-state index contributed by atoms with van der Waals surface area (Å²) in [6, 6.07) is 3.53. The fourth-order valence-electron chi connectivity index (χ4n) is 7.90. The van der Waals surface area contributed by atoms with Gasteiger partial charge in [-0.3, -0.25) is 4.79 Å². The van der Waals surface area contributed by atoms with E-state index in [0.717, 1.165) is 30.5 Å². The fraction of sp³-hybridized carbons (Fsp3) is 0.571. The third kappa shape index (κ3) is 3.50. The topological polar surface area (TPSA) is 54.4 Å². The molecule has 0 bridgehead atoms. The number of halogens is 2. The summed E-state index contributed by atoms with van der Waals surface area (Å²) >= 11 is 0. The molecule has 2 fully saturated rings. The van der Waals surface area contributed by atoms with Gasteiger partial charge in [-0.1, -0.05) is 32.4 Å². The van der Waals surface area contributed by atoms with E-state index in [4.69, 9.17) is 0 Å². The molecule has 0 aromatic heterocycles. The van der Waals surface area contributed by atoms with Crippen molar-refractivity contribution < 1.29 is 23.5 Å². The first kappa shape index (κ1) is 22.5. The SMILES string of the molecule is C[C@@]12CCC[C@H]1[C@@H]1CC=C3C=C(C(=O)O)C(C(=O)Cc4c(F)cccc4F)C[C@]3(C)[C@H]1CC2. The Hall–Kier alpha value is -2.30. The van der Waals surface area contributed by atoms with Crippen LogP contribution in [-0.4, -0.2) is 16.9 Å². The molecule has 5 rings (SSSR count). The summed E-state index contributed by atoms with van der Waals surface area (Å²) in [5, 5.41) is 9.90. The lowest BCUT2D eigenvalue weighted by atomic mass is 9.47. The molecule has 3 nitrogen and oxygen atoms in total. The van der Waals surface area contributed by atoms with Crippen molar-refractivity contribution in [2.75, 3.05) is 0 Å². The van der Waals surface area contributed by atoms with Crippen molar-refractivity contribution >= 4 is 11.8 Å². The standard InChI is InChI=1S/C28H32F2O3/c1-27-11-4-5-21(27)17-9-8-16-13-18(26(32)33)20(15-28(16,2)22(17)10-12-27)25(31)14-19-23(29)6-3-7-24(19)30/h3,6-8,13,17,20-22H,4-5,9-12,14-15H2,1-2H3,(H,32,33)/t17-,20?,21-,22-,27-,28-/m0/s1. The number of carbonyl (C=O) groups is 2. The molecule has 1 aromatic rings.